The Morgan fingerprint density at radius 3 is 2.36 bits per heavy atom. The van der Waals surface area contributed by atoms with Gasteiger partial charge in [-0.05, 0) is 5.88 Å². The molecule has 0 spiro atoms. The molecule has 0 aliphatic heterocycles. The van der Waals surface area contributed by atoms with E-state index in [1.54, 1.807) is 0 Å². The van der Waals surface area contributed by atoms with Gasteiger partial charge in [0, 0.05) is 6.42 Å². The van der Waals surface area contributed by atoms with E-state index >= 15 is 0 Å². The summed E-state index contributed by atoms with van der Waals surface area (Å²) in [6, 6.07) is 0. The number of aromatic nitrogens is 2. The maximum Gasteiger partial charge on any atom is 1.00 e. The predicted molar refractivity (Wildman–Crippen MR) is 41.8 cm³/mol. The molecule has 0 atom stereocenters. The Balaban J connectivity index is 0.00000169. The minimum Gasteiger partial charge on any atom is -0.859 e. The van der Waals surface area contributed by atoms with Crippen molar-refractivity contribution in [2.45, 2.75) is 13.3 Å². The van der Waals surface area contributed by atoms with Gasteiger partial charge in [0.1, 0.15) is 0 Å². The number of hydrogen-bond acceptors (Lipinski definition) is 4. The Kier molecular flexibility index (Phi) is 4.82. The first kappa shape index (κ1) is 13.2. The smallest absolute Gasteiger partial charge is 0.859 e. The number of aromatic amines is 2. The van der Waals surface area contributed by atoms with Crippen molar-refractivity contribution in [3.05, 3.63) is 26.4 Å². The maximum atomic E-state index is 11.0. The molecule has 0 aliphatic carbocycles. The molecule has 70 valence electrons. The summed E-state index contributed by atoms with van der Waals surface area (Å²) in [5.74, 6) is -1.51. The van der Waals surface area contributed by atoms with E-state index in [4.69, 9.17) is 0 Å². The van der Waals surface area contributed by atoms with E-state index in [-0.39, 0.29) is 36.0 Å². The van der Waals surface area contributed by atoms with Crippen LogP contribution in [0.4, 0.5) is 0 Å². The van der Waals surface area contributed by atoms with Crippen LogP contribution >= 0.6 is 0 Å². The largest absolute Gasteiger partial charge is 1.00 e. The van der Waals surface area contributed by atoms with Crippen LogP contribution in [-0.2, 0) is 0 Å². The van der Waals surface area contributed by atoms with Crippen LogP contribution in [0.1, 0.15) is 23.7 Å². The topological polar surface area (TPSA) is 106 Å². The van der Waals surface area contributed by atoms with Gasteiger partial charge in [-0.15, -0.1) is 0 Å². The van der Waals surface area contributed by atoms with Crippen molar-refractivity contribution in [3.63, 3.8) is 0 Å². The Morgan fingerprint density at radius 1 is 1.36 bits per heavy atom. The van der Waals surface area contributed by atoms with Gasteiger partial charge in [-0.2, -0.15) is 0 Å². The van der Waals surface area contributed by atoms with Crippen molar-refractivity contribution >= 4 is 5.78 Å². The van der Waals surface area contributed by atoms with Crippen LogP contribution in [-0.4, -0.2) is 15.8 Å². The number of Topliss-reactive ketones (excluding diaryl/α,β-unsaturated/α-hetero) is 1. The molecule has 0 aromatic carbocycles. The van der Waals surface area contributed by atoms with Crippen LogP contribution in [0.15, 0.2) is 9.59 Å². The zero-order valence-electron chi connectivity index (χ0n) is 7.84. The number of hydrogen-bond donors (Lipinski definition) is 2. The molecule has 0 saturated carbocycles. The van der Waals surface area contributed by atoms with Crippen LogP contribution in [0.25, 0.3) is 0 Å². The third-order valence-corrected chi connectivity index (χ3v) is 1.51. The molecule has 14 heavy (non-hydrogen) atoms. The molecular weight excluding hydrogens is 199 g/mol. The molecule has 0 aliphatic rings. The van der Waals surface area contributed by atoms with E-state index < -0.39 is 28.5 Å². The van der Waals surface area contributed by atoms with Crippen molar-refractivity contribution in [1.29, 1.82) is 0 Å². The van der Waals surface area contributed by atoms with Gasteiger partial charge >= 0.3 is 35.2 Å². The number of H-pyrrole nitrogens is 2. The summed E-state index contributed by atoms with van der Waals surface area (Å²) < 4.78 is 0. The van der Waals surface area contributed by atoms with Crippen LogP contribution in [0.2, 0.25) is 0 Å². The van der Waals surface area contributed by atoms with Gasteiger partial charge in [0.2, 0.25) is 0 Å². The van der Waals surface area contributed by atoms with E-state index in [2.05, 4.69) is 0 Å². The van der Waals surface area contributed by atoms with Gasteiger partial charge in [0.05, 0.1) is 5.56 Å². The van der Waals surface area contributed by atoms with Crippen LogP contribution in [0.5, 0.6) is 5.88 Å². The quantitative estimate of drug-likeness (QED) is 0.377. The summed E-state index contributed by atoms with van der Waals surface area (Å²) in [5, 5.41) is 11.0. The van der Waals surface area contributed by atoms with E-state index in [9.17, 15) is 19.5 Å². The monoisotopic (exact) mass is 206 g/mol. The Labute approximate surface area is 101 Å². The summed E-state index contributed by atoms with van der Waals surface area (Å²) in [7, 11) is 0. The van der Waals surface area contributed by atoms with Gasteiger partial charge in [-0.1, -0.05) is 6.92 Å². The normalized spacial score (nSPS) is 9.21. The van der Waals surface area contributed by atoms with Gasteiger partial charge in [-0.3, -0.25) is 14.6 Å². The Morgan fingerprint density at radius 2 is 1.93 bits per heavy atom. The average molecular weight is 206 g/mol. The number of nitrogens with one attached hydrogen (secondary N) is 2. The maximum absolute atomic E-state index is 11.0. The molecule has 0 bridgehead atoms. The van der Waals surface area contributed by atoms with Gasteiger partial charge < -0.3 is 10.1 Å². The SMILES string of the molecule is CCC(=O)c1c([O-])[nH]c(=O)[nH]c1=O.[Na+]. The first-order chi connectivity index (χ1) is 6.06. The fourth-order valence-corrected chi connectivity index (χ4v) is 0.896. The van der Waals surface area contributed by atoms with Crippen LogP contribution in [0.3, 0.4) is 0 Å². The van der Waals surface area contributed by atoms with Gasteiger partial charge in [0.15, 0.2) is 5.78 Å². The van der Waals surface area contributed by atoms with Crippen molar-refractivity contribution in [2.24, 2.45) is 0 Å². The van der Waals surface area contributed by atoms with Crippen LogP contribution < -0.4 is 45.9 Å². The summed E-state index contributed by atoms with van der Waals surface area (Å²) in [5.41, 5.74) is -2.34. The zero-order chi connectivity index (χ0) is 10.0. The summed E-state index contributed by atoms with van der Waals surface area (Å²) in [6.07, 6.45) is 0.0460. The summed E-state index contributed by atoms with van der Waals surface area (Å²) in [4.78, 5) is 36.2. The number of carbonyl (C=O) groups excluding carboxylic acids is 1. The molecule has 1 aromatic rings. The minimum absolute atomic E-state index is 0. The molecule has 2 N–H and O–H groups in total. The molecule has 7 heteroatoms. The number of carbonyl (C=O) groups is 1. The molecule has 1 heterocycles. The van der Waals surface area contributed by atoms with Crippen molar-refractivity contribution < 1.29 is 39.5 Å². The van der Waals surface area contributed by atoms with Crippen LogP contribution in [0, 0.1) is 0 Å². The van der Waals surface area contributed by atoms with Crippen molar-refractivity contribution in [3.8, 4) is 5.88 Å². The standard InChI is InChI=1S/C7H8N2O4.Na/c1-2-3(10)4-5(11)8-7(13)9-6(4)12;/h2H2,1H3,(H3,8,9,11,12,13);/q;+1/p-1. The summed E-state index contributed by atoms with van der Waals surface area (Å²) in [6.45, 7) is 1.52. The molecule has 0 unspecified atom stereocenters. The van der Waals surface area contributed by atoms with E-state index in [1.165, 1.54) is 6.92 Å². The molecule has 6 nitrogen and oxygen atoms in total. The molecule has 1 rings (SSSR count). The minimum atomic E-state index is -0.930. The zero-order valence-corrected chi connectivity index (χ0v) is 9.84. The molecular formula is C7H7N2NaO4. The second-order valence-electron chi connectivity index (χ2n) is 2.39. The van der Waals surface area contributed by atoms with Crippen molar-refractivity contribution in [2.75, 3.05) is 0 Å². The third kappa shape index (κ3) is 2.57. The molecule has 0 saturated heterocycles. The van der Waals surface area contributed by atoms with E-state index in [1.807, 2.05) is 9.97 Å². The fourth-order valence-electron chi connectivity index (χ4n) is 0.896. The second-order valence-corrected chi connectivity index (χ2v) is 2.39. The average Bonchev–Trinajstić information content (AvgIpc) is 2.02. The van der Waals surface area contributed by atoms with Crippen molar-refractivity contribution in [1.82, 2.24) is 9.97 Å². The summed E-state index contributed by atoms with van der Waals surface area (Å²) >= 11 is 0. The first-order valence-corrected chi connectivity index (χ1v) is 3.63. The van der Waals surface area contributed by atoms with Gasteiger partial charge in [-0.25, -0.2) is 4.79 Å². The Hall–Kier alpha value is -0.850. The molecule has 0 fully saturated rings. The third-order valence-electron chi connectivity index (χ3n) is 1.51. The predicted octanol–water partition coefficient (Wildman–Crippen LogP) is -4.27. The fraction of sp³-hybridized carbons (Fsp3) is 0.286. The molecule has 1 aromatic heterocycles. The number of ketones is 1. The first-order valence-electron chi connectivity index (χ1n) is 3.63. The second kappa shape index (κ2) is 5.14. The molecule has 0 amide bonds. The van der Waals surface area contributed by atoms with Gasteiger partial charge in [0.25, 0.3) is 5.56 Å². The number of rotatable bonds is 2. The van der Waals surface area contributed by atoms with E-state index in [0.29, 0.717) is 0 Å². The Bertz CT molecular complexity index is 448. The van der Waals surface area contributed by atoms with E-state index in [0.717, 1.165) is 0 Å². The molecule has 0 radical (unpaired) electrons.